The molecule has 0 atom stereocenters. The normalized spacial score (nSPS) is 10.7. The van der Waals surface area contributed by atoms with Gasteiger partial charge < -0.3 is 10.7 Å². The summed E-state index contributed by atoms with van der Waals surface area (Å²) >= 11 is 0. The highest BCUT2D eigenvalue weighted by molar-refractivity contribution is 5.79. The van der Waals surface area contributed by atoms with E-state index < -0.39 is 0 Å². The fourth-order valence-corrected chi connectivity index (χ4v) is 2.99. The fourth-order valence-electron chi connectivity index (χ4n) is 2.99. The first-order valence-corrected chi connectivity index (χ1v) is 9.13. The second-order valence-electron chi connectivity index (χ2n) is 6.50. The van der Waals surface area contributed by atoms with Gasteiger partial charge in [-0.2, -0.15) is 5.10 Å². The second kappa shape index (κ2) is 7.44. The molecule has 0 bridgehead atoms. The van der Waals surface area contributed by atoms with Crippen LogP contribution in [0.25, 0.3) is 22.4 Å². The van der Waals surface area contributed by atoms with E-state index in [0.29, 0.717) is 23.6 Å². The average Bonchev–Trinajstić information content (AvgIpc) is 3.44. The van der Waals surface area contributed by atoms with E-state index in [1.807, 2.05) is 18.2 Å². The van der Waals surface area contributed by atoms with Crippen molar-refractivity contribution >= 4 is 16.9 Å². The third-order valence-electron chi connectivity index (χ3n) is 4.45. The number of rotatable bonds is 3. The zero-order chi connectivity index (χ0) is 20.3. The Bertz CT molecular complexity index is 1390. The molecular formula is C21H15N9. The molecule has 4 aromatic heterocycles. The Balaban J connectivity index is 1.57. The van der Waals surface area contributed by atoms with Crippen LogP contribution in [0.2, 0.25) is 0 Å². The topological polar surface area (TPSA) is 135 Å². The number of nitrogens with one attached hydrogen (secondary N) is 2. The zero-order valence-electron chi connectivity index (χ0n) is 15.7. The summed E-state index contributed by atoms with van der Waals surface area (Å²) in [5.41, 5.74) is 9.51. The highest BCUT2D eigenvalue weighted by atomic mass is 15.1. The number of nitrogens with two attached hydrogens (primary N) is 1. The number of fused-ring (bicyclic) bond motifs is 1. The van der Waals surface area contributed by atoms with Gasteiger partial charge in [-0.3, -0.25) is 5.10 Å². The molecule has 4 heterocycles. The van der Waals surface area contributed by atoms with Gasteiger partial charge in [-0.05, 0) is 30.2 Å². The lowest BCUT2D eigenvalue weighted by Crippen LogP contribution is -2.03. The maximum Gasteiger partial charge on any atom is 0.220 e. The Kier molecular flexibility index (Phi) is 4.35. The second-order valence-corrected chi connectivity index (χ2v) is 6.50. The molecule has 30 heavy (non-hydrogen) atoms. The number of hydrogen-bond acceptors (Lipinski definition) is 7. The van der Waals surface area contributed by atoms with E-state index in [1.54, 1.807) is 37.1 Å². The maximum atomic E-state index is 5.70. The molecule has 1 aromatic carbocycles. The highest BCUT2D eigenvalue weighted by Crippen LogP contribution is 2.17. The Morgan fingerprint density at radius 1 is 0.967 bits per heavy atom. The monoisotopic (exact) mass is 393 g/mol. The molecular weight excluding hydrogens is 378 g/mol. The molecule has 0 saturated heterocycles. The van der Waals surface area contributed by atoms with E-state index in [4.69, 9.17) is 5.73 Å². The summed E-state index contributed by atoms with van der Waals surface area (Å²) in [4.78, 5) is 24.6. The Morgan fingerprint density at radius 3 is 2.80 bits per heavy atom. The van der Waals surface area contributed by atoms with Crippen molar-refractivity contribution in [2.24, 2.45) is 0 Å². The van der Waals surface area contributed by atoms with Crippen LogP contribution in [0.1, 0.15) is 22.6 Å². The van der Waals surface area contributed by atoms with Crippen molar-refractivity contribution in [2.75, 3.05) is 5.73 Å². The predicted molar refractivity (Wildman–Crippen MR) is 111 cm³/mol. The molecule has 0 radical (unpaired) electrons. The minimum Gasteiger partial charge on any atom is -0.368 e. The number of hydrogen-bond donors (Lipinski definition) is 3. The molecule has 5 aromatic rings. The Morgan fingerprint density at radius 2 is 1.93 bits per heavy atom. The van der Waals surface area contributed by atoms with Crippen LogP contribution in [-0.4, -0.2) is 40.1 Å². The van der Waals surface area contributed by atoms with Gasteiger partial charge in [-0.15, -0.1) is 0 Å². The number of H-pyrrole nitrogens is 2. The SMILES string of the molecule is Nc1nccc(-c2ncc(Cc3ncc[nH]3)c(C#Cc3ccc4[nH]ncc4c3)n2)n1. The molecule has 0 saturated carbocycles. The zero-order valence-corrected chi connectivity index (χ0v) is 15.7. The molecule has 0 amide bonds. The molecule has 4 N–H and O–H groups in total. The molecule has 0 aliphatic carbocycles. The van der Waals surface area contributed by atoms with E-state index in [9.17, 15) is 0 Å². The first kappa shape index (κ1) is 17.5. The highest BCUT2D eigenvalue weighted by Gasteiger charge is 2.11. The molecule has 9 nitrogen and oxygen atoms in total. The van der Waals surface area contributed by atoms with Gasteiger partial charge in [0, 0.05) is 47.7 Å². The van der Waals surface area contributed by atoms with Crippen molar-refractivity contribution in [3.8, 4) is 23.4 Å². The van der Waals surface area contributed by atoms with Crippen molar-refractivity contribution in [3.63, 3.8) is 0 Å². The summed E-state index contributed by atoms with van der Waals surface area (Å²) in [5, 5.41) is 7.97. The Hall–Kier alpha value is -4.58. The van der Waals surface area contributed by atoms with Crippen molar-refractivity contribution in [1.82, 2.24) is 40.1 Å². The smallest absolute Gasteiger partial charge is 0.220 e. The van der Waals surface area contributed by atoms with Gasteiger partial charge >= 0.3 is 0 Å². The number of anilines is 1. The van der Waals surface area contributed by atoms with Crippen LogP contribution in [0.5, 0.6) is 0 Å². The fraction of sp³-hybridized carbons (Fsp3) is 0.0476. The standard InChI is InChI=1S/C21H15N9/c22-21-25-6-5-18(29-21)20-26-11-15(10-19-23-7-8-24-19)16(28-20)3-1-13-2-4-17-14(9-13)12-27-30-17/h2,4-9,11-12H,10H2,(H,23,24)(H,27,30)(H2,22,25,29). The maximum absolute atomic E-state index is 5.70. The van der Waals surface area contributed by atoms with Crippen LogP contribution < -0.4 is 5.73 Å². The van der Waals surface area contributed by atoms with E-state index in [1.165, 1.54) is 0 Å². The number of aromatic amines is 2. The van der Waals surface area contributed by atoms with Crippen LogP contribution in [0.3, 0.4) is 0 Å². The van der Waals surface area contributed by atoms with Crippen molar-refractivity contribution in [1.29, 1.82) is 0 Å². The molecule has 0 spiro atoms. The largest absolute Gasteiger partial charge is 0.368 e. The minimum atomic E-state index is 0.164. The van der Waals surface area contributed by atoms with E-state index in [0.717, 1.165) is 27.9 Å². The molecule has 0 unspecified atom stereocenters. The van der Waals surface area contributed by atoms with Gasteiger partial charge in [0.25, 0.3) is 0 Å². The van der Waals surface area contributed by atoms with Crippen LogP contribution in [0, 0.1) is 11.8 Å². The number of imidazole rings is 1. The molecule has 5 rings (SSSR count). The lowest BCUT2D eigenvalue weighted by atomic mass is 10.1. The molecule has 144 valence electrons. The van der Waals surface area contributed by atoms with Gasteiger partial charge in [0.05, 0.1) is 11.7 Å². The number of nitrogen functional groups attached to an aromatic ring is 1. The summed E-state index contributed by atoms with van der Waals surface area (Å²) in [6.07, 6.45) is 9.10. The number of aromatic nitrogens is 8. The predicted octanol–water partition coefficient (Wildman–Crippen LogP) is 2.11. The summed E-state index contributed by atoms with van der Waals surface area (Å²) in [6.45, 7) is 0. The molecule has 9 heteroatoms. The van der Waals surface area contributed by atoms with Gasteiger partial charge in [0.2, 0.25) is 5.95 Å². The molecule has 0 aliphatic rings. The summed E-state index contributed by atoms with van der Waals surface area (Å²) < 4.78 is 0. The van der Waals surface area contributed by atoms with Gasteiger partial charge in [-0.25, -0.2) is 24.9 Å². The van der Waals surface area contributed by atoms with Gasteiger partial charge in [0.15, 0.2) is 5.82 Å². The van der Waals surface area contributed by atoms with Crippen molar-refractivity contribution in [3.05, 3.63) is 77.9 Å². The summed E-state index contributed by atoms with van der Waals surface area (Å²) in [5.74, 6) is 7.76. The average molecular weight is 393 g/mol. The van der Waals surface area contributed by atoms with Gasteiger partial charge in [-0.1, -0.05) is 5.92 Å². The lowest BCUT2D eigenvalue weighted by molar-refractivity contribution is 0.980. The number of benzene rings is 1. The van der Waals surface area contributed by atoms with Crippen molar-refractivity contribution in [2.45, 2.75) is 6.42 Å². The van der Waals surface area contributed by atoms with Crippen LogP contribution in [-0.2, 0) is 6.42 Å². The van der Waals surface area contributed by atoms with E-state index >= 15 is 0 Å². The van der Waals surface area contributed by atoms with Crippen LogP contribution in [0.4, 0.5) is 5.95 Å². The summed E-state index contributed by atoms with van der Waals surface area (Å²) in [7, 11) is 0. The first-order valence-electron chi connectivity index (χ1n) is 9.13. The summed E-state index contributed by atoms with van der Waals surface area (Å²) in [6, 6.07) is 7.57. The third kappa shape index (κ3) is 3.57. The minimum absolute atomic E-state index is 0.164. The van der Waals surface area contributed by atoms with E-state index in [-0.39, 0.29) is 5.95 Å². The quantitative estimate of drug-likeness (QED) is 0.400. The van der Waals surface area contributed by atoms with Crippen LogP contribution >= 0.6 is 0 Å². The van der Waals surface area contributed by atoms with Gasteiger partial charge in [0.1, 0.15) is 17.2 Å². The Labute approximate surface area is 170 Å². The molecule has 0 fully saturated rings. The first-order chi connectivity index (χ1) is 14.7. The third-order valence-corrected chi connectivity index (χ3v) is 4.45. The lowest BCUT2D eigenvalue weighted by Gasteiger charge is -2.05. The van der Waals surface area contributed by atoms with E-state index in [2.05, 4.69) is 51.9 Å². The molecule has 0 aliphatic heterocycles. The number of nitrogens with zero attached hydrogens (tertiary/aromatic N) is 6. The van der Waals surface area contributed by atoms with Crippen LogP contribution in [0.15, 0.2) is 55.2 Å². The van der Waals surface area contributed by atoms with Crippen molar-refractivity contribution < 1.29 is 0 Å².